The first kappa shape index (κ1) is 38.4. The molecule has 5 aromatic rings. The number of carbonyl (C=O) groups is 2. The third-order valence-corrected chi connectivity index (χ3v) is 9.63. The van der Waals surface area contributed by atoms with Gasteiger partial charge in [0.25, 0.3) is 0 Å². The fraction of sp³-hybridized carbons (Fsp3) is 0.130. The summed E-state index contributed by atoms with van der Waals surface area (Å²) < 4.78 is 16.2. The molecule has 0 aliphatic carbocycles. The van der Waals surface area contributed by atoms with E-state index in [0.717, 1.165) is 60.0 Å². The topological polar surface area (TPSA) is 61.8 Å². The van der Waals surface area contributed by atoms with Gasteiger partial charge in [-0.25, -0.2) is 9.59 Å². The highest BCUT2D eigenvalue weighted by atomic mass is 32.2. The summed E-state index contributed by atoms with van der Waals surface area (Å²) in [5.41, 5.74) is 8.09. The Bertz CT molecular complexity index is 2150. The predicted molar refractivity (Wildman–Crippen MR) is 216 cm³/mol. The van der Waals surface area contributed by atoms with Crippen molar-refractivity contribution in [2.24, 2.45) is 0 Å². The quantitative estimate of drug-likeness (QED) is 0.0370. The van der Waals surface area contributed by atoms with E-state index in [1.165, 1.54) is 12.2 Å². The summed E-state index contributed by atoms with van der Waals surface area (Å²) in [6, 6.07) is 38.7. The zero-order chi connectivity index (χ0) is 37.3. The summed E-state index contributed by atoms with van der Waals surface area (Å²) in [7, 11) is 0. The lowest BCUT2D eigenvalue weighted by Gasteiger charge is -2.11. The first-order chi connectivity index (χ1) is 25.9. The number of rotatable bonds is 14. The molecule has 0 spiro atoms. The number of thioether (sulfide) groups is 2. The summed E-state index contributed by atoms with van der Waals surface area (Å²) in [5.74, 6) is 14.3. The Morgan fingerprint density at radius 1 is 0.585 bits per heavy atom. The zero-order valence-corrected chi connectivity index (χ0v) is 31.1. The molecule has 0 fully saturated rings. The molecule has 0 unspecified atom stereocenters. The molecular weight excluding hydrogens is 697 g/mol. The van der Waals surface area contributed by atoms with Crippen molar-refractivity contribution < 1.29 is 23.8 Å². The van der Waals surface area contributed by atoms with Crippen LogP contribution in [-0.4, -0.2) is 36.7 Å². The van der Waals surface area contributed by atoms with E-state index >= 15 is 0 Å². The fourth-order valence-corrected chi connectivity index (χ4v) is 6.32. The van der Waals surface area contributed by atoms with Gasteiger partial charge in [-0.2, -0.15) is 0 Å². The first-order valence-electron chi connectivity index (χ1n) is 16.9. The molecule has 5 nitrogen and oxygen atoms in total. The van der Waals surface area contributed by atoms with Crippen LogP contribution in [0.25, 0.3) is 11.1 Å². The Labute approximate surface area is 320 Å². The van der Waals surface area contributed by atoms with Crippen molar-refractivity contribution in [3.05, 3.63) is 174 Å². The number of hydrogen-bond donors (Lipinski definition) is 0. The van der Waals surface area contributed by atoms with Gasteiger partial charge in [-0.05, 0) is 114 Å². The third kappa shape index (κ3) is 12.7. The van der Waals surface area contributed by atoms with Crippen molar-refractivity contribution >= 4 is 35.5 Å². The van der Waals surface area contributed by atoms with Gasteiger partial charge < -0.3 is 14.2 Å². The molecular formula is C46H38O5S2. The highest BCUT2D eigenvalue weighted by Crippen LogP contribution is 2.27. The second-order valence-corrected chi connectivity index (χ2v) is 13.9. The number of esters is 2. The molecule has 0 saturated heterocycles. The van der Waals surface area contributed by atoms with Crippen LogP contribution in [0.2, 0.25) is 0 Å². The molecule has 0 aliphatic rings. The van der Waals surface area contributed by atoms with E-state index in [9.17, 15) is 9.59 Å². The lowest BCUT2D eigenvalue weighted by atomic mass is 10.0. The SMILES string of the molecule is C=CC(=O)OCCSc1ccc(C#Cc2ccc(COc3ccc(-c4ccc(C#Cc5ccc(SCCOC(=O)C=C)cc5)cc4)cc3C)cc2)cc1. The molecule has 0 N–H and O–H groups in total. The van der Waals surface area contributed by atoms with Gasteiger partial charge in [0.15, 0.2) is 0 Å². The second kappa shape index (κ2) is 20.2. The van der Waals surface area contributed by atoms with Gasteiger partial charge >= 0.3 is 11.9 Å². The number of aryl methyl sites for hydroxylation is 1. The third-order valence-electron chi connectivity index (χ3n) is 7.68. The maximum atomic E-state index is 11.1. The van der Waals surface area contributed by atoms with Crippen LogP contribution < -0.4 is 4.74 Å². The van der Waals surface area contributed by atoms with Crippen molar-refractivity contribution in [3.63, 3.8) is 0 Å². The maximum absolute atomic E-state index is 11.1. The van der Waals surface area contributed by atoms with Gasteiger partial charge in [0.05, 0.1) is 0 Å². The van der Waals surface area contributed by atoms with Crippen LogP contribution in [0.15, 0.2) is 150 Å². The zero-order valence-electron chi connectivity index (χ0n) is 29.4. The summed E-state index contributed by atoms with van der Waals surface area (Å²) in [5, 5.41) is 0. The Morgan fingerprint density at radius 3 is 1.43 bits per heavy atom. The van der Waals surface area contributed by atoms with E-state index in [1.807, 2.05) is 91.0 Å². The summed E-state index contributed by atoms with van der Waals surface area (Å²) >= 11 is 3.24. The highest BCUT2D eigenvalue weighted by molar-refractivity contribution is 7.99. The minimum absolute atomic E-state index is 0.345. The minimum atomic E-state index is -0.403. The van der Waals surface area contributed by atoms with Crippen molar-refractivity contribution in [2.45, 2.75) is 23.3 Å². The Balaban J connectivity index is 1.07. The number of hydrogen-bond acceptors (Lipinski definition) is 7. The second-order valence-electron chi connectivity index (χ2n) is 11.5. The van der Waals surface area contributed by atoms with Gasteiger partial charge in [0.1, 0.15) is 25.6 Å². The molecule has 53 heavy (non-hydrogen) atoms. The Kier molecular flexibility index (Phi) is 14.7. The van der Waals surface area contributed by atoms with Gasteiger partial charge in [-0.3, -0.25) is 0 Å². The van der Waals surface area contributed by atoms with E-state index in [2.05, 4.69) is 68.0 Å². The minimum Gasteiger partial charge on any atom is -0.489 e. The summed E-state index contributed by atoms with van der Waals surface area (Å²) in [6.07, 6.45) is 2.34. The van der Waals surface area contributed by atoms with Gasteiger partial charge in [-0.1, -0.05) is 67.2 Å². The molecule has 0 bridgehead atoms. The lowest BCUT2D eigenvalue weighted by molar-refractivity contribution is -0.138. The molecule has 0 amide bonds. The van der Waals surface area contributed by atoms with Crippen molar-refractivity contribution in [3.8, 4) is 40.6 Å². The van der Waals surface area contributed by atoms with E-state index in [0.29, 0.717) is 31.3 Å². The number of carbonyl (C=O) groups excluding carboxylic acids is 2. The van der Waals surface area contributed by atoms with Gasteiger partial charge in [0.2, 0.25) is 0 Å². The molecule has 264 valence electrons. The highest BCUT2D eigenvalue weighted by Gasteiger charge is 2.05. The number of ether oxygens (including phenoxy) is 3. The van der Waals surface area contributed by atoms with Crippen LogP contribution >= 0.6 is 23.5 Å². The monoisotopic (exact) mass is 734 g/mol. The van der Waals surface area contributed by atoms with Crippen LogP contribution in [0, 0.1) is 30.6 Å². The molecule has 7 heteroatoms. The standard InChI is InChI=1S/C46H38O5S2/c1-4-45(47)49-28-30-52-42-23-16-37(17-24-42)8-6-35-10-12-39(13-11-35)33-51-44-27-22-41(32-34(44)3)40-20-14-36(15-21-40)7-9-38-18-25-43(26-19-38)53-31-29-50-46(48)5-2/h4-5,10-27,32H,1-2,28-31,33H2,3H3. The molecule has 0 aromatic heterocycles. The number of benzene rings is 5. The smallest absolute Gasteiger partial charge is 0.330 e. The van der Waals surface area contributed by atoms with Gasteiger partial charge in [0, 0.05) is 55.7 Å². The summed E-state index contributed by atoms with van der Waals surface area (Å²) in [4.78, 5) is 24.5. The van der Waals surface area contributed by atoms with Crippen LogP contribution in [-0.2, 0) is 25.7 Å². The van der Waals surface area contributed by atoms with Crippen LogP contribution in [0.4, 0.5) is 0 Å². The van der Waals surface area contributed by atoms with Gasteiger partial charge in [-0.15, -0.1) is 23.5 Å². The van der Waals surface area contributed by atoms with Crippen LogP contribution in [0.3, 0.4) is 0 Å². The molecule has 5 aromatic carbocycles. The van der Waals surface area contributed by atoms with E-state index in [4.69, 9.17) is 14.2 Å². The first-order valence-corrected chi connectivity index (χ1v) is 18.9. The van der Waals surface area contributed by atoms with Crippen molar-refractivity contribution in [2.75, 3.05) is 24.7 Å². The van der Waals surface area contributed by atoms with E-state index in [-0.39, 0.29) is 0 Å². The van der Waals surface area contributed by atoms with Crippen molar-refractivity contribution in [1.29, 1.82) is 0 Å². The predicted octanol–water partition coefficient (Wildman–Crippen LogP) is 9.68. The van der Waals surface area contributed by atoms with Crippen molar-refractivity contribution in [1.82, 2.24) is 0 Å². The largest absolute Gasteiger partial charge is 0.489 e. The lowest BCUT2D eigenvalue weighted by Crippen LogP contribution is -2.03. The normalized spacial score (nSPS) is 10.1. The average molecular weight is 735 g/mol. The molecule has 0 atom stereocenters. The van der Waals surface area contributed by atoms with E-state index < -0.39 is 11.9 Å². The Hall–Kier alpha value is -5.86. The van der Waals surface area contributed by atoms with Crippen LogP contribution in [0.1, 0.15) is 33.4 Å². The maximum Gasteiger partial charge on any atom is 0.330 e. The molecule has 5 rings (SSSR count). The summed E-state index contributed by atoms with van der Waals surface area (Å²) in [6.45, 7) is 10.0. The average Bonchev–Trinajstić information content (AvgIpc) is 3.20. The van der Waals surface area contributed by atoms with Crippen LogP contribution in [0.5, 0.6) is 5.75 Å². The fourth-order valence-electron chi connectivity index (χ4n) is 4.86. The Morgan fingerprint density at radius 2 is 1.00 bits per heavy atom. The van der Waals surface area contributed by atoms with E-state index in [1.54, 1.807) is 23.5 Å². The molecule has 0 radical (unpaired) electrons. The molecule has 0 aliphatic heterocycles. The molecule has 0 heterocycles. The molecule has 0 saturated carbocycles.